The van der Waals surface area contributed by atoms with Gasteiger partial charge in [-0.05, 0) is 80.1 Å². The molecule has 0 saturated carbocycles. The average Bonchev–Trinajstić information content (AvgIpc) is 2.81. The Bertz CT molecular complexity index is 1040. The van der Waals surface area contributed by atoms with Gasteiger partial charge in [0.05, 0.1) is 6.61 Å². The van der Waals surface area contributed by atoms with Gasteiger partial charge in [0.15, 0.2) is 0 Å². The van der Waals surface area contributed by atoms with Gasteiger partial charge in [0.2, 0.25) is 0 Å². The quantitative estimate of drug-likeness (QED) is 0.519. The summed E-state index contributed by atoms with van der Waals surface area (Å²) >= 11 is 0. The van der Waals surface area contributed by atoms with Gasteiger partial charge in [-0.25, -0.2) is 0 Å². The van der Waals surface area contributed by atoms with E-state index in [0.29, 0.717) is 6.61 Å². The van der Waals surface area contributed by atoms with Crippen molar-refractivity contribution in [3.05, 3.63) is 95.3 Å². The molecule has 0 saturated heterocycles. The first-order chi connectivity index (χ1) is 15.2. The first-order valence-electron chi connectivity index (χ1n) is 10.9. The number of aromatic nitrogens is 1. The zero-order chi connectivity index (χ0) is 21.5. The molecule has 0 aliphatic heterocycles. The number of carbonyl (C=O) groups is 1. The zero-order valence-corrected chi connectivity index (χ0v) is 17.9. The molecule has 31 heavy (non-hydrogen) atoms. The van der Waals surface area contributed by atoms with Crippen LogP contribution in [0.2, 0.25) is 0 Å². The van der Waals surface area contributed by atoms with Crippen molar-refractivity contribution in [3.63, 3.8) is 0 Å². The third-order valence-electron chi connectivity index (χ3n) is 5.61. The predicted octanol–water partition coefficient (Wildman–Crippen LogP) is 5.98. The molecule has 1 aromatic heterocycles. The number of hydrogen-bond acceptors (Lipinski definition) is 3. The molecule has 0 unspecified atom stereocenters. The summed E-state index contributed by atoms with van der Waals surface area (Å²) in [6, 6.07) is 21.9. The van der Waals surface area contributed by atoms with E-state index in [9.17, 15) is 4.79 Å². The molecule has 2 aromatic carbocycles. The van der Waals surface area contributed by atoms with Crippen molar-refractivity contribution in [2.24, 2.45) is 0 Å². The van der Waals surface area contributed by atoms with Gasteiger partial charge in [-0.1, -0.05) is 35.9 Å². The van der Waals surface area contributed by atoms with Crippen molar-refractivity contribution in [1.82, 2.24) is 4.98 Å². The molecule has 158 valence electrons. The van der Waals surface area contributed by atoms with Crippen molar-refractivity contribution in [2.45, 2.75) is 39.0 Å². The lowest BCUT2D eigenvalue weighted by atomic mass is 9.86. The lowest BCUT2D eigenvalue weighted by Gasteiger charge is -2.20. The first-order valence-corrected chi connectivity index (χ1v) is 10.9. The van der Waals surface area contributed by atoms with E-state index in [2.05, 4.69) is 41.5 Å². The summed E-state index contributed by atoms with van der Waals surface area (Å²) < 4.78 is 5.81. The van der Waals surface area contributed by atoms with E-state index < -0.39 is 0 Å². The number of carbonyl (C=O) groups excluding carboxylic acids is 1. The van der Waals surface area contributed by atoms with Gasteiger partial charge in [0.1, 0.15) is 5.75 Å². The number of aryl methyl sites for hydroxylation is 1. The maximum atomic E-state index is 13.0. The van der Waals surface area contributed by atoms with Crippen molar-refractivity contribution >= 4 is 17.2 Å². The summed E-state index contributed by atoms with van der Waals surface area (Å²) in [5.41, 5.74) is 6.27. The Morgan fingerprint density at radius 3 is 2.48 bits per heavy atom. The zero-order valence-electron chi connectivity index (χ0n) is 17.9. The van der Waals surface area contributed by atoms with Crippen molar-refractivity contribution < 1.29 is 9.53 Å². The molecule has 0 atom stereocenters. The highest BCUT2D eigenvalue weighted by atomic mass is 16.5. The van der Waals surface area contributed by atoms with Crippen LogP contribution in [0.3, 0.4) is 0 Å². The van der Waals surface area contributed by atoms with Gasteiger partial charge in [0, 0.05) is 29.6 Å². The summed E-state index contributed by atoms with van der Waals surface area (Å²) in [5, 5.41) is 3.07. The number of ether oxygens (including phenoxy) is 1. The molecule has 1 N–H and O–H groups in total. The molecular weight excluding hydrogens is 384 g/mol. The fourth-order valence-electron chi connectivity index (χ4n) is 3.89. The second-order valence-electron chi connectivity index (χ2n) is 7.93. The summed E-state index contributed by atoms with van der Waals surface area (Å²) in [7, 11) is 0. The van der Waals surface area contributed by atoms with Gasteiger partial charge in [0.25, 0.3) is 5.91 Å². The number of anilines is 1. The number of pyridine rings is 1. The second-order valence-corrected chi connectivity index (χ2v) is 7.93. The maximum absolute atomic E-state index is 13.0. The third kappa shape index (κ3) is 5.60. The number of amides is 1. The minimum atomic E-state index is -0.000838. The molecule has 4 nitrogen and oxygen atoms in total. The summed E-state index contributed by atoms with van der Waals surface area (Å²) in [5.74, 6) is 0.783. The minimum Gasteiger partial charge on any atom is -0.493 e. The predicted molar refractivity (Wildman–Crippen MR) is 125 cm³/mol. The van der Waals surface area contributed by atoms with Crippen LogP contribution in [0.15, 0.2) is 78.5 Å². The molecular formula is C27H28N2O2. The monoisotopic (exact) mass is 412 g/mol. The molecule has 0 spiro atoms. The van der Waals surface area contributed by atoms with E-state index in [1.807, 2.05) is 42.5 Å². The van der Waals surface area contributed by atoms with Crippen LogP contribution in [-0.2, 0) is 11.2 Å². The van der Waals surface area contributed by atoms with E-state index in [1.54, 1.807) is 6.20 Å². The molecule has 1 amide bonds. The van der Waals surface area contributed by atoms with E-state index in [1.165, 1.54) is 11.1 Å². The van der Waals surface area contributed by atoms with Crippen LogP contribution in [-0.4, -0.2) is 17.5 Å². The first kappa shape index (κ1) is 20.9. The van der Waals surface area contributed by atoms with Gasteiger partial charge in [-0.3, -0.25) is 9.78 Å². The molecule has 0 fully saturated rings. The van der Waals surface area contributed by atoms with E-state index in [4.69, 9.17) is 4.74 Å². The standard InChI is InChI=1S/C27H28N2O2/c1-20-9-11-21(12-10-20)25-7-2-3-8-26(25)27(30)29-23-13-15-24(16-14-23)31-19-17-22-6-4-5-18-28-22/h4-6,9-16,18H,2-3,7-8,17,19H2,1H3,(H,29,30). The fourth-order valence-corrected chi connectivity index (χ4v) is 3.89. The normalized spacial score (nSPS) is 13.7. The molecule has 4 heteroatoms. The Labute approximate surface area is 184 Å². The van der Waals surface area contributed by atoms with Gasteiger partial charge >= 0.3 is 0 Å². The highest BCUT2D eigenvalue weighted by Gasteiger charge is 2.20. The Hall–Kier alpha value is -3.40. The second kappa shape index (κ2) is 10.1. The van der Waals surface area contributed by atoms with Crippen molar-refractivity contribution in [1.29, 1.82) is 0 Å². The van der Waals surface area contributed by atoms with Crippen molar-refractivity contribution in [2.75, 3.05) is 11.9 Å². The molecule has 3 aromatic rings. The summed E-state index contributed by atoms with van der Waals surface area (Å²) in [6.45, 7) is 2.65. The Morgan fingerprint density at radius 1 is 0.968 bits per heavy atom. The number of hydrogen-bond donors (Lipinski definition) is 1. The van der Waals surface area contributed by atoms with Crippen LogP contribution in [0.1, 0.15) is 42.5 Å². The largest absolute Gasteiger partial charge is 0.493 e. The van der Waals surface area contributed by atoms with Gasteiger partial charge < -0.3 is 10.1 Å². The highest BCUT2D eigenvalue weighted by molar-refractivity contribution is 6.09. The molecule has 4 rings (SSSR count). The fraction of sp³-hybridized carbons (Fsp3) is 0.259. The van der Waals surface area contributed by atoms with Gasteiger partial charge in [-0.15, -0.1) is 0 Å². The van der Waals surface area contributed by atoms with E-state index >= 15 is 0 Å². The average molecular weight is 413 g/mol. The number of benzene rings is 2. The summed E-state index contributed by atoms with van der Waals surface area (Å²) in [4.78, 5) is 17.3. The number of nitrogens with one attached hydrogen (secondary N) is 1. The smallest absolute Gasteiger partial charge is 0.251 e. The van der Waals surface area contributed by atoms with Crippen LogP contribution >= 0.6 is 0 Å². The Balaban J connectivity index is 1.38. The Morgan fingerprint density at radius 2 is 1.74 bits per heavy atom. The lowest BCUT2D eigenvalue weighted by molar-refractivity contribution is -0.113. The lowest BCUT2D eigenvalue weighted by Crippen LogP contribution is -2.18. The van der Waals surface area contributed by atoms with Crippen LogP contribution in [0.5, 0.6) is 5.75 Å². The number of nitrogens with zero attached hydrogens (tertiary/aromatic N) is 1. The van der Waals surface area contributed by atoms with Crippen LogP contribution in [0, 0.1) is 6.92 Å². The maximum Gasteiger partial charge on any atom is 0.251 e. The minimum absolute atomic E-state index is 0.000838. The highest BCUT2D eigenvalue weighted by Crippen LogP contribution is 2.33. The van der Waals surface area contributed by atoms with Crippen molar-refractivity contribution in [3.8, 4) is 5.75 Å². The Kier molecular flexibility index (Phi) is 6.78. The number of rotatable bonds is 7. The SMILES string of the molecule is Cc1ccc(C2=C(C(=O)Nc3ccc(OCCc4ccccn4)cc3)CCCC2)cc1. The van der Waals surface area contributed by atoms with E-state index in [-0.39, 0.29) is 5.91 Å². The number of allylic oxidation sites excluding steroid dienone is 1. The van der Waals surface area contributed by atoms with Crippen LogP contribution < -0.4 is 10.1 Å². The van der Waals surface area contributed by atoms with Crippen LogP contribution in [0.25, 0.3) is 5.57 Å². The molecule has 0 bridgehead atoms. The topological polar surface area (TPSA) is 51.2 Å². The van der Waals surface area contributed by atoms with E-state index in [0.717, 1.165) is 60.4 Å². The van der Waals surface area contributed by atoms with Crippen LogP contribution in [0.4, 0.5) is 5.69 Å². The summed E-state index contributed by atoms with van der Waals surface area (Å²) in [6.07, 6.45) is 6.51. The third-order valence-corrected chi connectivity index (χ3v) is 5.61. The molecule has 0 radical (unpaired) electrons. The molecule has 1 aliphatic rings. The molecule has 1 aliphatic carbocycles. The molecule has 1 heterocycles. The van der Waals surface area contributed by atoms with Gasteiger partial charge in [-0.2, -0.15) is 0 Å².